The number of methoxy groups -OCH3 is 2. The highest BCUT2D eigenvalue weighted by atomic mass is 16.7. The minimum absolute atomic E-state index is 0.265. The van der Waals surface area contributed by atoms with E-state index in [1.807, 2.05) is 49.4 Å². The van der Waals surface area contributed by atoms with Crippen LogP contribution in [0.4, 0.5) is 0 Å². The van der Waals surface area contributed by atoms with Crippen LogP contribution in [0.5, 0.6) is 0 Å². The van der Waals surface area contributed by atoms with Gasteiger partial charge >= 0.3 is 5.97 Å². The van der Waals surface area contributed by atoms with Gasteiger partial charge in [-0.15, -0.1) is 5.10 Å². The molecule has 0 spiro atoms. The lowest BCUT2D eigenvalue weighted by atomic mass is 9.94. The van der Waals surface area contributed by atoms with Gasteiger partial charge in [0.15, 0.2) is 0 Å². The molecule has 1 aromatic heterocycles. The van der Waals surface area contributed by atoms with E-state index in [-0.39, 0.29) is 5.56 Å². The number of rotatable bonds is 13. The number of aromatic carboxylic acids is 1. The van der Waals surface area contributed by atoms with Crippen molar-refractivity contribution < 1.29 is 19.4 Å². The van der Waals surface area contributed by atoms with Crippen LogP contribution in [-0.4, -0.2) is 40.1 Å². The maximum Gasteiger partial charge on any atom is 0.336 e. The van der Waals surface area contributed by atoms with Gasteiger partial charge in [0.05, 0.1) is 11.3 Å². The minimum Gasteiger partial charge on any atom is -0.478 e. The zero-order chi connectivity index (χ0) is 25.4. The molecule has 1 N–H and O–H groups in total. The Balaban J connectivity index is 2.18. The number of ether oxygens (including phenoxy) is 2. The van der Waals surface area contributed by atoms with Crippen molar-refractivity contribution in [2.75, 3.05) is 14.2 Å². The van der Waals surface area contributed by atoms with Gasteiger partial charge in [0.25, 0.3) is 0 Å². The molecule has 7 nitrogen and oxygen atoms in total. The number of carboxylic acids is 1. The van der Waals surface area contributed by atoms with Crippen molar-refractivity contribution in [1.29, 1.82) is 0 Å². The molecule has 0 amide bonds. The summed E-state index contributed by atoms with van der Waals surface area (Å²) in [4.78, 5) is 17.3. The fourth-order valence-corrected chi connectivity index (χ4v) is 4.45. The third-order valence-electron chi connectivity index (χ3n) is 6.50. The van der Waals surface area contributed by atoms with Gasteiger partial charge < -0.3 is 14.6 Å². The molecule has 188 valence electrons. The highest BCUT2D eigenvalue weighted by Crippen LogP contribution is 2.33. The number of hydrogen-bond donors (Lipinski definition) is 1. The summed E-state index contributed by atoms with van der Waals surface area (Å²) in [5, 5.41) is 15.0. The van der Waals surface area contributed by atoms with Crippen LogP contribution in [0.25, 0.3) is 16.8 Å². The molecule has 35 heavy (non-hydrogen) atoms. The molecule has 0 aliphatic carbocycles. The Morgan fingerprint density at radius 2 is 1.69 bits per heavy atom. The van der Waals surface area contributed by atoms with Gasteiger partial charge in [-0.1, -0.05) is 69.5 Å². The lowest BCUT2D eigenvalue weighted by Gasteiger charge is -2.27. The number of carboxylic acid groups (broad SMARTS) is 1. The van der Waals surface area contributed by atoms with Crippen molar-refractivity contribution in [1.82, 2.24) is 14.8 Å². The molecule has 1 heterocycles. The maximum absolute atomic E-state index is 12.4. The summed E-state index contributed by atoms with van der Waals surface area (Å²) >= 11 is 0. The molecule has 0 saturated heterocycles. The number of nitrogens with zero attached hydrogens (tertiary/aromatic N) is 3. The van der Waals surface area contributed by atoms with E-state index in [9.17, 15) is 9.90 Å². The molecule has 0 aliphatic rings. The van der Waals surface area contributed by atoms with Gasteiger partial charge in [0, 0.05) is 27.1 Å². The molecule has 0 bridgehead atoms. The number of hydrogen-bond acceptors (Lipinski definition) is 5. The van der Waals surface area contributed by atoms with E-state index in [4.69, 9.17) is 19.6 Å². The van der Waals surface area contributed by atoms with Gasteiger partial charge in [0.1, 0.15) is 5.82 Å². The number of aromatic nitrogens is 3. The molecular formula is C28H37N3O4. The van der Waals surface area contributed by atoms with Gasteiger partial charge in [-0.25, -0.2) is 14.5 Å². The Labute approximate surface area is 208 Å². The van der Waals surface area contributed by atoms with Crippen LogP contribution in [-0.2, 0) is 21.7 Å². The first-order valence-electron chi connectivity index (χ1n) is 12.4. The maximum atomic E-state index is 12.4. The Kier molecular flexibility index (Phi) is 9.18. The van der Waals surface area contributed by atoms with Crippen LogP contribution in [0.1, 0.15) is 79.9 Å². The summed E-state index contributed by atoms with van der Waals surface area (Å²) in [6.45, 7) is 6.11. The second kappa shape index (κ2) is 12.1. The van der Waals surface area contributed by atoms with Crippen molar-refractivity contribution >= 4 is 5.97 Å². The normalized spacial score (nSPS) is 11.7. The van der Waals surface area contributed by atoms with Gasteiger partial charge in [-0.05, 0) is 42.5 Å². The van der Waals surface area contributed by atoms with Crippen LogP contribution in [0.15, 0.2) is 42.5 Å². The van der Waals surface area contributed by atoms with E-state index in [1.165, 1.54) is 0 Å². The lowest BCUT2D eigenvalue weighted by Crippen LogP contribution is -2.32. The Morgan fingerprint density at radius 1 is 1.00 bits per heavy atom. The number of carbonyl (C=O) groups is 1. The zero-order valence-electron chi connectivity index (χ0n) is 21.5. The fourth-order valence-electron chi connectivity index (χ4n) is 4.45. The van der Waals surface area contributed by atoms with Crippen molar-refractivity contribution in [3.63, 3.8) is 0 Å². The van der Waals surface area contributed by atoms with Crippen molar-refractivity contribution in [3.8, 4) is 16.8 Å². The molecule has 0 fully saturated rings. The van der Waals surface area contributed by atoms with Crippen LogP contribution in [0, 0.1) is 6.92 Å². The Bertz CT molecular complexity index is 1120. The molecule has 0 radical (unpaired) electrons. The lowest BCUT2D eigenvalue weighted by molar-refractivity contribution is -0.226. The average molecular weight is 480 g/mol. The summed E-state index contributed by atoms with van der Waals surface area (Å²) in [6.07, 6.45) is 6.36. The quantitative estimate of drug-likeness (QED) is 0.228. The van der Waals surface area contributed by atoms with Crippen molar-refractivity contribution in [2.24, 2.45) is 0 Å². The monoisotopic (exact) mass is 479 g/mol. The smallest absolute Gasteiger partial charge is 0.336 e. The standard InChI is InChI=1S/C28H37N3O4/c1-6-8-11-16-24-29-27(28(34-4,35-5)19-9-7-2)30-31(24)23-18-17-22(21-14-12-10-13-15-21)25(20(23)3)26(32)33/h10,12-15,17-18H,6-9,11,16,19H2,1-5H3,(H,32,33). The van der Waals surface area contributed by atoms with E-state index >= 15 is 0 Å². The summed E-state index contributed by atoms with van der Waals surface area (Å²) in [7, 11) is 3.22. The van der Waals surface area contributed by atoms with Gasteiger partial charge in [0.2, 0.25) is 11.6 Å². The first kappa shape index (κ1) is 26.6. The Hall–Kier alpha value is -3.03. The Morgan fingerprint density at radius 3 is 2.29 bits per heavy atom. The third kappa shape index (κ3) is 5.63. The average Bonchev–Trinajstić information content (AvgIpc) is 3.29. The van der Waals surface area contributed by atoms with Gasteiger partial charge in [-0.2, -0.15) is 0 Å². The highest BCUT2D eigenvalue weighted by molar-refractivity contribution is 5.98. The summed E-state index contributed by atoms with van der Waals surface area (Å²) in [5.74, 6) is -0.780. The minimum atomic E-state index is -1.05. The zero-order valence-corrected chi connectivity index (χ0v) is 21.5. The second-order valence-corrected chi connectivity index (χ2v) is 8.79. The van der Waals surface area contributed by atoms with E-state index in [0.29, 0.717) is 29.1 Å². The van der Waals surface area contributed by atoms with Crippen LogP contribution >= 0.6 is 0 Å². The van der Waals surface area contributed by atoms with Crippen molar-refractivity contribution in [2.45, 2.75) is 71.5 Å². The second-order valence-electron chi connectivity index (χ2n) is 8.79. The molecule has 0 aliphatic heterocycles. The van der Waals surface area contributed by atoms with Crippen LogP contribution in [0.3, 0.4) is 0 Å². The predicted molar refractivity (Wildman–Crippen MR) is 137 cm³/mol. The highest BCUT2D eigenvalue weighted by Gasteiger charge is 2.37. The number of aryl methyl sites for hydroxylation is 1. The third-order valence-corrected chi connectivity index (χ3v) is 6.50. The summed E-state index contributed by atoms with van der Waals surface area (Å²) in [6, 6.07) is 13.4. The number of benzene rings is 2. The van der Waals surface area contributed by atoms with E-state index in [1.54, 1.807) is 18.9 Å². The van der Waals surface area contributed by atoms with E-state index < -0.39 is 11.8 Å². The van der Waals surface area contributed by atoms with E-state index in [2.05, 4.69) is 13.8 Å². The molecular weight excluding hydrogens is 442 g/mol. The first-order valence-corrected chi connectivity index (χ1v) is 12.4. The first-order chi connectivity index (χ1) is 16.9. The van der Waals surface area contributed by atoms with Crippen molar-refractivity contribution in [3.05, 3.63) is 65.2 Å². The fraction of sp³-hybridized carbons (Fsp3) is 0.464. The molecule has 3 aromatic rings. The summed E-state index contributed by atoms with van der Waals surface area (Å²) < 4.78 is 13.4. The molecule has 0 unspecified atom stereocenters. The molecule has 7 heteroatoms. The van der Waals surface area contributed by atoms with Crippen LogP contribution < -0.4 is 0 Å². The summed E-state index contributed by atoms with van der Waals surface area (Å²) in [5.41, 5.74) is 3.14. The molecule has 0 saturated carbocycles. The largest absolute Gasteiger partial charge is 0.478 e. The van der Waals surface area contributed by atoms with E-state index in [0.717, 1.165) is 49.9 Å². The van der Waals surface area contributed by atoms with Crippen LogP contribution in [0.2, 0.25) is 0 Å². The predicted octanol–water partition coefficient (Wildman–Crippen LogP) is 6.31. The SMILES string of the molecule is CCCCCc1nc(C(CCCC)(OC)OC)nn1-c1ccc(-c2ccccc2)c(C(=O)O)c1C. The molecule has 2 aromatic carbocycles. The number of unbranched alkanes of at least 4 members (excludes halogenated alkanes) is 3. The topological polar surface area (TPSA) is 86.5 Å². The molecule has 3 rings (SSSR count). The molecule has 0 atom stereocenters. The van der Waals surface area contributed by atoms with Gasteiger partial charge in [-0.3, -0.25) is 0 Å².